The fourth-order valence-corrected chi connectivity index (χ4v) is 27.5. The van der Waals surface area contributed by atoms with Gasteiger partial charge in [-0.15, -0.1) is 23.5 Å². The summed E-state index contributed by atoms with van der Waals surface area (Å²) in [4.78, 5) is 273. The zero-order chi connectivity index (χ0) is 110. The highest BCUT2D eigenvalue weighted by Gasteiger charge is 2.44. The Labute approximate surface area is 886 Å². The van der Waals surface area contributed by atoms with Gasteiger partial charge in [0.15, 0.2) is 0 Å². The van der Waals surface area contributed by atoms with E-state index in [0.29, 0.717) is 87.5 Å². The molecule has 0 spiro atoms. The van der Waals surface area contributed by atoms with Crippen LogP contribution < -0.4 is 42.5 Å². The van der Waals surface area contributed by atoms with E-state index in [2.05, 4.69) is 42.5 Å². The van der Waals surface area contributed by atoms with Crippen LogP contribution in [0.25, 0.3) is 0 Å². The summed E-state index contributed by atoms with van der Waals surface area (Å²) in [6.07, 6.45) is 13.6. The number of carbonyl (C=O) groups is 22. The summed E-state index contributed by atoms with van der Waals surface area (Å²) in [5.41, 5.74) is 0. The molecule has 39 nitrogen and oxygen atoms in total. The van der Waals surface area contributed by atoms with Crippen molar-refractivity contribution in [1.82, 2.24) is 62.1 Å². The summed E-state index contributed by atoms with van der Waals surface area (Å²) in [6.45, 7) is 12.0. The molecule has 7 rings (SSSR count). The summed E-state index contributed by atoms with van der Waals surface area (Å²) in [5.74, 6) is -5.91. The topological polar surface area (TPSA) is 553 Å². The molecule has 16 atom stereocenters. The first-order chi connectivity index (χ1) is 70.3. The first kappa shape index (κ1) is 127. The van der Waals surface area contributed by atoms with Gasteiger partial charge >= 0.3 is 11.9 Å². The number of carbonyl (C=O) groups excluding carboxylic acids is 20. The molecule has 3 saturated carbocycles. The van der Waals surface area contributed by atoms with Crippen molar-refractivity contribution < 1.29 is 134 Å². The normalized spacial score (nSPS) is 20.5. The van der Waals surface area contributed by atoms with Crippen LogP contribution in [0.15, 0.2) is 24.3 Å². The second-order valence-electron chi connectivity index (χ2n) is 34.9. The van der Waals surface area contributed by atoms with E-state index in [1.807, 2.05) is 20.8 Å². The lowest BCUT2D eigenvalue weighted by Gasteiger charge is -2.37. The molecule has 0 bridgehead atoms. The van der Waals surface area contributed by atoms with Gasteiger partial charge < -0.3 is 67.0 Å². The van der Waals surface area contributed by atoms with Gasteiger partial charge in [-0.05, 0) is 92.7 Å². The van der Waals surface area contributed by atoms with Crippen molar-refractivity contribution in [1.29, 1.82) is 0 Å². The SMILES string of the molecule is CCC(CSC1CCC1SCC(CC(=O)CCOCCC(C)=O)C(=O)NCCN1C(=O)C=CC1=O)C(=O)NCCN1C(=O)C=CC1=O.CCC(CSC1CCC1SCC(CC(=O)CCOCCC(C)=O)C(=O)NCCN1C(=O)CC(SCC(NC)C(=O)NC)C1=O)C(=O)NCCN1C(=O)CC(SCC(NC)C(=O)NC)C1=O.CCC(CSC1CCC1SCC(CC(=O)CCOCCC(C)=O)C(=O)O)C(=O)O.[2H]C.[2H]C.[2H]C. The van der Waals surface area contributed by atoms with Crippen molar-refractivity contribution >= 4 is 223 Å². The molecule has 10 N–H and O–H groups in total. The zero-order valence-electron chi connectivity index (χ0n) is 88.4. The number of amides is 14. The second-order valence-corrected chi connectivity index (χ2v) is 45.0. The van der Waals surface area contributed by atoms with Crippen molar-refractivity contribution in [3.63, 3.8) is 0 Å². The molecule has 2 saturated heterocycles. The van der Waals surface area contributed by atoms with Gasteiger partial charge in [0, 0.05) is 255 Å². The van der Waals surface area contributed by atoms with Crippen LogP contribution in [0.4, 0.5) is 0 Å². The Hall–Kier alpha value is -7.58. The molecule has 7 aliphatic rings. The van der Waals surface area contributed by atoms with Crippen molar-refractivity contribution in [2.75, 3.05) is 166 Å². The van der Waals surface area contributed by atoms with E-state index in [1.54, 1.807) is 84.7 Å². The molecular weight excluding hydrogens is 2020 g/mol. The van der Waals surface area contributed by atoms with Crippen LogP contribution in [-0.4, -0.2) is 379 Å². The maximum Gasteiger partial charge on any atom is 0.307 e. The Balaban J connectivity index is 0.000000776. The number of Topliss-reactive ketones (excluding diaryl/α,β-unsaturated/α-hetero) is 6. The van der Waals surface area contributed by atoms with Crippen LogP contribution in [0, 0.1) is 35.5 Å². The van der Waals surface area contributed by atoms with E-state index in [-0.39, 0.29) is 295 Å². The van der Waals surface area contributed by atoms with Crippen LogP contribution in [0.3, 0.4) is 0 Å². The van der Waals surface area contributed by atoms with Gasteiger partial charge in [0.25, 0.3) is 23.6 Å². The van der Waals surface area contributed by atoms with E-state index in [9.17, 15) is 111 Å². The largest absolute Gasteiger partial charge is 0.481 e. The molecule has 0 aromatic carbocycles. The third-order valence-corrected chi connectivity index (χ3v) is 37.1. The minimum absolute atomic E-state index is 0.000884. The molecule has 4 heterocycles. The van der Waals surface area contributed by atoms with Gasteiger partial charge in [-0.25, -0.2) is 0 Å². The number of aliphatic carboxylic acids is 2. The van der Waals surface area contributed by atoms with Crippen molar-refractivity contribution in [2.24, 2.45) is 35.5 Å². The number of nitrogens with one attached hydrogen (secondary N) is 8. The Morgan fingerprint density at radius 2 is 0.590 bits per heavy atom. The number of likely N-dealkylation sites (tertiary alicyclic amines) is 2. The average Bonchev–Trinajstić information content (AvgIpc) is 1.51. The zero-order valence-corrected chi connectivity index (χ0v) is 91.9. The highest BCUT2D eigenvalue weighted by molar-refractivity contribution is 8.05. The third kappa shape index (κ3) is 47.9. The van der Waals surface area contributed by atoms with Gasteiger partial charge in [-0.2, -0.15) is 70.6 Å². The first-order valence-electron chi connectivity index (χ1n) is 51.1. The standard InChI is InChI=1S/C42H68N8O11S4.C32H44N4O9S2.C20H32O7S2.3CH4/c1-7-26(37(55)47-12-14-49-35(53)19-33(41(49)59)64-23-29(43-3)39(57)45-5)21-62-31-8-9-32(31)63-22-27(18-28(52)11-17-61-16-10-25(2)51)38(56)48-13-15-50-36(54)20-34(42(50)60)65-24-30(44-4)40(58)46-6;1-3-22(31(43)33-12-14-35-27(39)6-7-28(35)40)19-46-25-4-5-26(25)47-20-23(18-24(38)11-17-45-16-10-21(2)37)32(44)34-13-15-36-29(41)8-9-30(36)42;1-3-14(19(23)24)11-28-17-4-5-18(17)29-12-15(20(25)26)10-16(22)7-9-27-8-6-13(2)21;;;/h26-27,29-34,43-44H,7-24H2,1-6H3,(H,45,57)(H,46,58)(H,47,55)(H,48,56);6-9,22-23,25-26H,3-5,10-20H2,1-2H3,(H,33,43)(H,34,44);14-15,17-18H,3-12H2,1-2H3,(H,23,24)(H,25,26);3*1H4/i;;;3*1D. The van der Waals surface area contributed by atoms with Crippen molar-refractivity contribution in [3.8, 4) is 0 Å². The molecule has 16 unspecified atom stereocenters. The molecule has 0 aromatic rings. The minimum atomic E-state index is -0.969. The van der Waals surface area contributed by atoms with Crippen LogP contribution >= 0.6 is 94.1 Å². The number of imide groups is 4. The number of ketones is 6. The molecule has 47 heteroatoms. The second kappa shape index (κ2) is 72.7. The molecule has 144 heavy (non-hydrogen) atoms. The van der Waals surface area contributed by atoms with Crippen LogP contribution in [-0.2, 0) is 120 Å². The quantitative estimate of drug-likeness (QED) is 0.0258. The third-order valence-electron chi connectivity index (χ3n) is 24.5. The lowest BCUT2D eigenvalue weighted by atomic mass is 9.99. The Morgan fingerprint density at radius 1 is 0.347 bits per heavy atom. The van der Waals surface area contributed by atoms with Gasteiger partial charge in [0.1, 0.15) is 34.7 Å². The number of thioether (sulfide) groups is 8. The van der Waals surface area contributed by atoms with E-state index in [4.69, 9.17) is 23.4 Å². The van der Waals surface area contributed by atoms with Crippen molar-refractivity contribution in [2.45, 2.75) is 246 Å². The molecule has 14 amide bonds. The maximum atomic E-state index is 13.6. The van der Waals surface area contributed by atoms with Gasteiger partial charge in [-0.3, -0.25) is 125 Å². The summed E-state index contributed by atoms with van der Waals surface area (Å²) >= 11 is 12.4. The van der Waals surface area contributed by atoms with Crippen LogP contribution in [0.2, 0.25) is 0 Å². The molecule has 0 radical (unpaired) electrons. The Morgan fingerprint density at radius 3 is 0.840 bits per heavy atom. The van der Waals surface area contributed by atoms with E-state index < -0.39 is 64.1 Å². The predicted octanol–water partition coefficient (Wildman–Crippen LogP) is 5.70. The molecular formula is C97H156N12O27S8. The minimum Gasteiger partial charge on any atom is -0.481 e. The van der Waals surface area contributed by atoms with Crippen molar-refractivity contribution in [3.05, 3.63) is 24.3 Å². The number of carboxylic acid groups (broad SMARTS) is 2. The summed E-state index contributed by atoms with van der Waals surface area (Å²) in [7, 11) is 10.1. The fraction of sp³-hybridized carbons (Fsp3) is 0.732. The first-order valence-corrected chi connectivity index (χ1v) is 56.5. The number of ether oxygens (including phenoxy) is 3. The number of carboxylic acids is 2. The smallest absolute Gasteiger partial charge is 0.307 e. The summed E-state index contributed by atoms with van der Waals surface area (Å²) in [6, 6.07) is -1.03. The van der Waals surface area contributed by atoms with Gasteiger partial charge in [0.05, 0.1) is 85.9 Å². The molecule has 5 fully saturated rings. The Kier molecular flexibility index (Phi) is 64.1. The lowest BCUT2D eigenvalue weighted by molar-refractivity contribution is -0.143. The van der Waals surface area contributed by atoms with Gasteiger partial charge in [-0.1, -0.05) is 43.0 Å². The monoisotopic (exact) mass is 2180 g/mol. The van der Waals surface area contributed by atoms with E-state index in [0.717, 1.165) is 53.2 Å². The fourth-order valence-electron chi connectivity index (χ4n) is 14.8. The van der Waals surface area contributed by atoms with E-state index >= 15 is 0 Å². The lowest BCUT2D eigenvalue weighted by Crippen LogP contribution is -2.44. The van der Waals surface area contributed by atoms with Crippen LogP contribution in [0.5, 0.6) is 0 Å². The summed E-state index contributed by atoms with van der Waals surface area (Å²) in [5, 5.41) is 41.3. The van der Waals surface area contributed by atoms with E-state index in [1.165, 1.54) is 110 Å². The maximum absolute atomic E-state index is 13.6. The average molecular weight is 2180 g/mol. The number of hydrogen-bond acceptors (Lipinski definition) is 35. The highest BCUT2D eigenvalue weighted by atomic mass is 32.2. The van der Waals surface area contributed by atoms with Gasteiger partial charge in [0.2, 0.25) is 59.1 Å². The summed E-state index contributed by atoms with van der Waals surface area (Å²) < 4.78 is 33.3. The van der Waals surface area contributed by atoms with Crippen LogP contribution in [0.1, 0.15) is 196 Å². The Bertz CT molecular complexity index is 4310. The highest BCUT2D eigenvalue weighted by Crippen LogP contribution is 2.45. The molecule has 0 aromatic heterocycles. The molecule has 814 valence electrons. The molecule has 4 aliphatic heterocycles. The predicted molar refractivity (Wildman–Crippen MR) is 566 cm³/mol. The number of hydrogen-bond donors (Lipinski definition) is 10. The number of likely N-dealkylation sites (N-methyl/N-ethyl adjacent to an activating group) is 4. The number of rotatable bonds is 73. The molecule has 3 aliphatic carbocycles. The number of nitrogens with zero attached hydrogens (tertiary/aromatic N) is 4.